The molecular formula is C14H16F2O3. The van der Waals surface area contributed by atoms with Crippen LogP contribution in [0.1, 0.15) is 29.6 Å². The van der Waals surface area contributed by atoms with Gasteiger partial charge in [0.25, 0.3) is 0 Å². The van der Waals surface area contributed by atoms with Crippen LogP contribution in [0.15, 0.2) is 18.2 Å². The Kier molecular flexibility index (Phi) is 4.99. The molecule has 2 rings (SSSR count). The van der Waals surface area contributed by atoms with E-state index in [-0.39, 0.29) is 18.3 Å². The van der Waals surface area contributed by atoms with Gasteiger partial charge >= 0.3 is 0 Å². The van der Waals surface area contributed by atoms with Gasteiger partial charge in [-0.15, -0.1) is 0 Å². The zero-order valence-corrected chi connectivity index (χ0v) is 10.5. The summed E-state index contributed by atoms with van der Waals surface area (Å²) < 4.78 is 36.9. The molecule has 0 aliphatic carbocycles. The summed E-state index contributed by atoms with van der Waals surface area (Å²) in [6.45, 7) is 0.753. The summed E-state index contributed by atoms with van der Waals surface area (Å²) >= 11 is 0. The van der Waals surface area contributed by atoms with Crippen LogP contribution in [-0.2, 0) is 9.47 Å². The second kappa shape index (κ2) is 6.73. The van der Waals surface area contributed by atoms with Gasteiger partial charge in [0.15, 0.2) is 5.78 Å². The lowest BCUT2D eigenvalue weighted by atomic mass is 10.1. The molecule has 1 aromatic carbocycles. The molecule has 1 aliphatic rings. The molecule has 1 aliphatic heterocycles. The fourth-order valence-electron chi connectivity index (χ4n) is 2.01. The van der Waals surface area contributed by atoms with Crippen molar-refractivity contribution in [3.63, 3.8) is 0 Å². The molecule has 5 heteroatoms. The molecular weight excluding hydrogens is 254 g/mol. The smallest absolute Gasteiger partial charge is 0.191 e. The fourth-order valence-corrected chi connectivity index (χ4v) is 2.01. The number of hydrogen-bond acceptors (Lipinski definition) is 3. The number of Topliss-reactive ketones (excluding diaryl/α,β-unsaturated/α-hetero) is 1. The van der Waals surface area contributed by atoms with Crippen LogP contribution >= 0.6 is 0 Å². The maximum atomic E-state index is 13.3. The van der Waals surface area contributed by atoms with E-state index in [1.807, 2.05) is 0 Å². The molecule has 19 heavy (non-hydrogen) atoms. The summed E-state index contributed by atoms with van der Waals surface area (Å²) in [6.07, 6.45) is 3.03. The molecule has 1 atom stereocenters. The SMILES string of the molecule is O=C(COCC1CCCCO1)c1cc(F)ccc1F. The van der Waals surface area contributed by atoms with Crippen LogP contribution < -0.4 is 0 Å². The van der Waals surface area contributed by atoms with Crippen molar-refractivity contribution in [3.05, 3.63) is 35.4 Å². The van der Waals surface area contributed by atoms with E-state index in [2.05, 4.69) is 0 Å². The van der Waals surface area contributed by atoms with Crippen LogP contribution in [0.25, 0.3) is 0 Å². The van der Waals surface area contributed by atoms with Crippen molar-refractivity contribution in [1.29, 1.82) is 0 Å². The second-order valence-electron chi connectivity index (χ2n) is 4.55. The highest BCUT2D eigenvalue weighted by Gasteiger charge is 2.16. The minimum Gasteiger partial charge on any atom is -0.376 e. The fraction of sp³-hybridized carbons (Fsp3) is 0.500. The topological polar surface area (TPSA) is 35.5 Å². The normalized spacial score (nSPS) is 19.4. The third-order valence-electron chi connectivity index (χ3n) is 3.04. The van der Waals surface area contributed by atoms with Gasteiger partial charge in [-0.1, -0.05) is 0 Å². The quantitative estimate of drug-likeness (QED) is 0.772. The maximum Gasteiger partial charge on any atom is 0.191 e. The number of carbonyl (C=O) groups is 1. The van der Waals surface area contributed by atoms with Gasteiger partial charge in [-0.25, -0.2) is 8.78 Å². The first kappa shape index (κ1) is 14.1. The molecule has 1 aromatic rings. The lowest BCUT2D eigenvalue weighted by molar-refractivity contribution is -0.0371. The Morgan fingerprint density at radius 1 is 1.37 bits per heavy atom. The predicted molar refractivity (Wildman–Crippen MR) is 65.1 cm³/mol. The van der Waals surface area contributed by atoms with Crippen molar-refractivity contribution in [2.24, 2.45) is 0 Å². The molecule has 104 valence electrons. The van der Waals surface area contributed by atoms with E-state index in [0.717, 1.165) is 37.5 Å². The molecule has 1 unspecified atom stereocenters. The predicted octanol–water partition coefficient (Wildman–Crippen LogP) is 2.73. The largest absolute Gasteiger partial charge is 0.376 e. The van der Waals surface area contributed by atoms with Crippen LogP contribution in [0.3, 0.4) is 0 Å². The van der Waals surface area contributed by atoms with Crippen LogP contribution in [0, 0.1) is 11.6 Å². The molecule has 1 fully saturated rings. The van der Waals surface area contributed by atoms with Crippen molar-refractivity contribution in [1.82, 2.24) is 0 Å². The van der Waals surface area contributed by atoms with Crippen molar-refractivity contribution >= 4 is 5.78 Å². The highest BCUT2D eigenvalue weighted by molar-refractivity contribution is 5.97. The Bertz CT molecular complexity index is 442. The van der Waals surface area contributed by atoms with Gasteiger partial charge in [-0.2, -0.15) is 0 Å². The van der Waals surface area contributed by atoms with Crippen molar-refractivity contribution in [2.75, 3.05) is 19.8 Å². The molecule has 0 amide bonds. The van der Waals surface area contributed by atoms with Gasteiger partial charge in [0.2, 0.25) is 0 Å². The molecule has 1 saturated heterocycles. The van der Waals surface area contributed by atoms with Crippen LogP contribution in [0.2, 0.25) is 0 Å². The molecule has 1 heterocycles. The molecule has 3 nitrogen and oxygen atoms in total. The second-order valence-corrected chi connectivity index (χ2v) is 4.55. The first-order valence-corrected chi connectivity index (χ1v) is 6.34. The number of ketones is 1. The van der Waals surface area contributed by atoms with E-state index in [9.17, 15) is 13.6 Å². The van der Waals surface area contributed by atoms with Gasteiger partial charge in [0.05, 0.1) is 18.3 Å². The van der Waals surface area contributed by atoms with E-state index >= 15 is 0 Å². The zero-order valence-electron chi connectivity index (χ0n) is 10.5. The average Bonchev–Trinajstić information content (AvgIpc) is 2.42. The minimum atomic E-state index is -0.732. The van der Waals surface area contributed by atoms with Crippen LogP contribution in [0.5, 0.6) is 0 Å². The summed E-state index contributed by atoms with van der Waals surface area (Å²) in [4.78, 5) is 11.7. The summed E-state index contributed by atoms with van der Waals surface area (Å²) in [6, 6.07) is 2.80. The van der Waals surface area contributed by atoms with E-state index < -0.39 is 17.4 Å². The highest BCUT2D eigenvalue weighted by atomic mass is 19.1. The summed E-state index contributed by atoms with van der Waals surface area (Å²) in [5.74, 6) is -1.93. The number of carbonyl (C=O) groups excluding carboxylic acids is 1. The van der Waals surface area contributed by atoms with Gasteiger partial charge in [0, 0.05) is 6.61 Å². The minimum absolute atomic E-state index is 0.00101. The summed E-state index contributed by atoms with van der Waals surface area (Å²) in [7, 11) is 0. The number of benzene rings is 1. The van der Waals surface area contributed by atoms with E-state index in [4.69, 9.17) is 9.47 Å². The van der Waals surface area contributed by atoms with Crippen molar-refractivity contribution in [3.8, 4) is 0 Å². The van der Waals surface area contributed by atoms with E-state index in [0.29, 0.717) is 13.2 Å². The number of rotatable bonds is 5. The molecule has 0 bridgehead atoms. The zero-order chi connectivity index (χ0) is 13.7. The maximum absolute atomic E-state index is 13.3. The van der Waals surface area contributed by atoms with E-state index in [1.165, 1.54) is 0 Å². The van der Waals surface area contributed by atoms with Gasteiger partial charge in [-0.3, -0.25) is 4.79 Å². The van der Waals surface area contributed by atoms with Crippen LogP contribution in [-0.4, -0.2) is 31.7 Å². The molecule has 0 saturated carbocycles. The Morgan fingerprint density at radius 2 is 2.21 bits per heavy atom. The molecule has 0 radical (unpaired) electrons. The summed E-state index contributed by atoms with van der Waals surface area (Å²) in [5, 5.41) is 0. The van der Waals surface area contributed by atoms with Crippen molar-refractivity contribution < 1.29 is 23.0 Å². The number of ether oxygens (including phenoxy) is 2. The first-order valence-electron chi connectivity index (χ1n) is 6.34. The van der Waals surface area contributed by atoms with E-state index in [1.54, 1.807) is 0 Å². The number of hydrogen-bond donors (Lipinski definition) is 0. The van der Waals surface area contributed by atoms with Gasteiger partial charge in [-0.05, 0) is 37.5 Å². The molecule has 0 aromatic heterocycles. The number of halogens is 2. The average molecular weight is 270 g/mol. The van der Waals surface area contributed by atoms with Gasteiger partial charge < -0.3 is 9.47 Å². The summed E-state index contributed by atoms with van der Waals surface area (Å²) in [5.41, 5.74) is -0.274. The monoisotopic (exact) mass is 270 g/mol. The third-order valence-corrected chi connectivity index (χ3v) is 3.04. The Morgan fingerprint density at radius 3 is 2.95 bits per heavy atom. The van der Waals surface area contributed by atoms with Crippen molar-refractivity contribution in [2.45, 2.75) is 25.4 Å². The van der Waals surface area contributed by atoms with Crippen LogP contribution in [0.4, 0.5) is 8.78 Å². The Labute approximate surface area is 110 Å². The molecule has 0 spiro atoms. The Balaban J connectivity index is 1.82. The molecule has 0 N–H and O–H groups in total. The lowest BCUT2D eigenvalue weighted by Crippen LogP contribution is -2.26. The standard InChI is InChI=1S/C14H16F2O3/c15-10-4-5-13(16)12(7-10)14(17)9-18-8-11-3-1-2-6-19-11/h4-5,7,11H,1-3,6,8-9H2. The lowest BCUT2D eigenvalue weighted by Gasteiger charge is -2.22. The first-order chi connectivity index (χ1) is 9.16. The van der Waals surface area contributed by atoms with Gasteiger partial charge in [0.1, 0.15) is 18.2 Å². The Hall–Kier alpha value is -1.33. The highest BCUT2D eigenvalue weighted by Crippen LogP contribution is 2.14. The third kappa shape index (κ3) is 4.08.